The van der Waals surface area contributed by atoms with Gasteiger partial charge in [-0.2, -0.15) is 4.31 Å². The van der Waals surface area contributed by atoms with Crippen molar-refractivity contribution in [1.82, 2.24) is 9.21 Å². The van der Waals surface area contributed by atoms with Crippen LogP contribution in [0.4, 0.5) is 0 Å². The summed E-state index contributed by atoms with van der Waals surface area (Å²) in [5.74, 6) is 0.218. The zero-order valence-electron chi connectivity index (χ0n) is 12.4. The molecule has 1 aliphatic heterocycles. The molecule has 0 bridgehead atoms. The summed E-state index contributed by atoms with van der Waals surface area (Å²) in [6, 6.07) is 9.62. The Morgan fingerprint density at radius 2 is 1.71 bits per heavy atom. The molecule has 0 radical (unpaired) electrons. The third-order valence-corrected chi connectivity index (χ3v) is 5.65. The Kier molecular flexibility index (Phi) is 5.36. The number of hydrogen-bond acceptors (Lipinski definition) is 3. The van der Waals surface area contributed by atoms with Gasteiger partial charge in [-0.15, -0.1) is 0 Å². The highest BCUT2D eigenvalue weighted by Gasteiger charge is 2.27. The molecular formula is C15H22N2O3S. The summed E-state index contributed by atoms with van der Waals surface area (Å²) in [4.78, 5) is 13.3. The van der Waals surface area contributed by atoms with Gasteiger partial charge in [0.15, 0.2) is 0 Å². The first-order valence-corrected chi connectivity index (χ1v) is 8.93. The van der Waals surface area contributed by atoms with Crippen LogP contribution >= 0.6 is 0 Å². The van der Waals surface area contributed by atoms with Crippen LogP contribution in [0.1, 0.15) is 18.9 Å². The number of carbonyl (C=O) groups is 1. The molecule has 1 heterocycles. The van der Waals surface area contributed by atoms with Gasteiger partial charge in [0.2, 0.25) is 15.9 Å². The maximum absolute atomic E-state index is 12.3. The number of benzene rings is 1. The minimum Gasteiger partial charge on any atom is -0.340 e. The molecule has 1 aliphatic rings. The molecule has 1 fully saturated rings. The summed E-state index contributed by atoms with van der Waals surface area (Å²) < 4.78 is 26.2. The van der Waals surface area contributed by atoms with E-state index in [1.165, 1.54) is 4.31 Å². The second-order valence-corrected chi connectivity index (χ2v) is 7.27. The molecule has 1 amide bonds. The number of rotatable bonds is 5. The van der Waals surface area contributed by atoms with E-state index < -0.39 is 10.0 Å². The number of amides is 1. The third-order valence-electron chi connectivity index (χ3n) is 3.78. The molecule has 116 valence electrons. The van der Waals surface area contributed by atoms with Gasteiger partial charge in [-0.05, 0) is 12.0 Å². The fourth-order valence-electron chi connectivity index (χ4n) is 2.46. The molecule has 21 heavy (non-hydrogen) atoms. The summed E-state index contributed by atoms with van der Waals surface area (Å²) in [6.45, 7) is 3.63. The van der Waals surface area contributed by atoms with Crippen LogP contribution in [0, 0.1) is 0 Å². The van der Waals surface area contributed by atoms with Gasteiger partial charge in [-0.1, -0.05) is 37.3 Å². The van der Waals surface area contributed by atoms with Crippen molar-refractivity contribution in [2.45, 2.75) is 19.8 Å². The smallest absolute Gasteiger partial charge is 0.222 e. The first-order valence-electron chi connectivity index (χ1n) is 7.32. The zero-order valence-corrected chi connectivity index (χ0v) is 13.2. The lowest BCUT2D eigenvalue weighted by Crippen LogP contribution is -2.51. The standard InChI is InChI=1S/C15H22N2O3S/c1-2-15(18)16-9-11-17(12-10-16)21(19,20)13-8-14-6-4-3-5-7-14/h3-7H,2,8-13H2,1H3. The molecule has 5 nitrogen and oxygen atoms in total. The number of carbonyl (C=O) groups excluding carboxylic acids is 1. The molecule has 0 aliphatic carbocycles. The van der Waals surface area contributed by atoms with Crippen molar-refractivity contribution in [2.75, 3.05) is 31.9 Å². The fourth-order valence-corrected chi connectivity index (χ4v) is 3.93. The highest BCUT2D eigenvalue weighted by atomic mass is 32.2. The van der Waals surface area contributed by atoms with Gasteiger partial charge in [0, 0.05) is 32.6 Å². The molecule has 0 aromatic heterocycles. The Morgan fingerprint density at radius 1 is 1.10 bits per heavy atom. The normalized spacial score (nSPS) is 16.9. The van der Waals surface area contributed by atoms with Crippen molar-refractivity contribution < 1.29 is 13.2 Å². The Balaban J connectivity index is 1.88. The maximum Gasteiger partial charge on any atom is 0.222 e. The Hall–Kier alpha value is -1.40. The van der Waals surface area contributed by atoms with Gasteiger partial charge >= 0.3 is 0 Å². The molecule has 0 saturated carbocycles. The van der Waals surface area contributed by atoms with E-state index in [0.29, 0.717) is 39.0 Å². The van der Waals surface area contributed by atoms with Crippen LogP contribution in [0.3, 0.4) is 0 Å². The predicted octanol–water partition coefficient (Wildman–Crippen LogP) is 1.11. The molecule has 0 N–H and O–H groups in total. The van der Waals surface area contributed by atoms with Crippen LogP contribution in [0.25, 0.3) is 0 Å². The zero-order chi connectivity index (χ0) is 15.3. The summed E-state index contributed by atoms with van der Waals surface area (Å²) in [5.41, 5.74) is 1.03. The van der Waals surface area contributed by atoms with Crippen LogP contribution in [0.15, 0.2) is 30.3 Å². The maximum atomic E-state index is 12.3. The van der Waals surface area contributed by atoms with Gasteiger partial charge in [0.1, 0.15) is 0 Å². The largest absolute Gasteiger partial charge is 0.340 e. The van der Waals surface area contributed by atoms with Crippen LogP contribution in [-0.4, -0.2) is 55.5 Å². The van der Waals surface area contributed by atoms with E-state index in [1.807, 2.05) is 37.3 Å². The summed E-state index contributed by atoms with van der Waals surface area (Å²) >= 11 is 0. The third kappa shape index (κ3) is 4.28. The van der Waals surface area contributed by atoms with Gasteiger partial charge in [-0.25, -0.2) is 8.42 Å². The van der Waals surface area contributed by atoms with Crippen LogP contribution < -0.4 is 0 Å². The van der Waals surface area contributed by atoms with Crippen molar-refractivity contribution in [3.63, 3.8) is 0 Å². The number of hydrogen-bond donors (Lipinski definition) is 0. The van der Waals surface area contributed by atoms with Gasteiger partial charge < -0.3 is 4.90 Å². The number of sulfonamides is 1. The monoisotopic (exact) mass is 310 g/mol. The average Bonchev–Trinajstić information content (AvgIpc) is 2.53. The van der Waals surface area contributed by atoms with E-state index in [2.05, 4.69) is 0 Å². The molecule has 0 atom stereocenters. The summed E-state index contributed by atoms with van der Waals surface area (Å²) in [5, 5.41) is 0. The van der Waals surface area contributed by atoms with Crippen molar-refractivity contribution >= 4 is 15.9 Å². The number of piperazine rings is 1. The molecule has 2 rings (SSSR count). The lowest BCUT2D eigenvalue weighted by Gasteiger charge is -2.33. The van der Waals surface area contributed by atoms with Gasteiger partial charge in [-0.3, -0.25) is 4.79 Å². The minimum atomic E-state index is -3.24. The van der Waals surface area contributed by atoms with E-state index in [0.717, 1.165) is 5.56 Å². The van der Waals surface area contributed by atoms with E-state index in [-0.39, 0.29) is 11.7 Å². The molecule has 1 saturated heterocycles. The Morgan fingerprint density at radius 3 is 2.29 bits per heavy atom. The van der Waals surface area contributed by atoms with E-state index >= 15 is 0 Å². The van der Waals surface area contributed by atoms with E-state index in [9.17, 15) is 13.2 Å². The topological polar surface area (TPSA) is 57.7 Å². The molecular weight excluding hydrogens is 288 g/mol. The first-order chi connectivity index (χ1) is 10.0. The summed E-state index contributed by atoms with van der Waals surface area (Å²) in [6.07, 6.45) is 0.998. The Labute approximate surface area is 126 Å². The molecule has 0 spiro atoms. The van der Waals surface area contributed by atoms with Gasteiger partial charge in [0.25, 0.3) is 0 Å². The second kappa shape index (κ2) is 7.04. The van der Waals surface area contributed by atoms with Gasteiger partial charge in [0.05, 0.1) is 5.75 Å². The lowest BCUT2D eigenvalue weighted by atomic mass is 10.2. The van der Waals surface area contributed by atoms with Crippen LogP contribution in [0.5, 0.6) is 0 Å². The van der Waals surface area contributed by atoms with Crippen LogP contribution in [0.2, 0.25) is 0 Å². The number of nitrogens with zero attached hydrogens (tertiary/aromatic N) is 2. The average molecular weight is 310 g/mol. The van der Waals surface area contributed by atoms with Crippen molar-refractivity contribution in [3.8, 4) is 0 Å². The predicted molar refractivity (Wildman–Crippen MR) is 82.4 cm³/mol. The fraction of sp³-hybridized carbons (Fsp3) is 0.533. The molecule has 0 unspecified atom stereocenters. The lowest BCUT2D eigenvalue weighted by molar-refractivity contribution is -0.132. The SMILES string of the molecule is CCC(=O)N1CCN(S(=O)(=O)CCc2ccccc2)CC1. The van der Waals surface area contributed by atoms with Crippen molar-refractivity contribution in [2.24, 2.45) is 0 Å². The molecule has 6 heteroatoms. The second-order valence-electron chi connectivity index (χ2n) is 5.18. The van der Waals surface area contributed by atoms with E-state index in [4.69, 9.17) is 0 Å². The van der Waals surface area contributed by atoms with Crippen molar-refractivity contribution in [1.29, 1.82) is 0 Å². The van der Waals surface area contributed by atoms with Crippen molar-refractivity contribution in [3.05, 3.63) is 35.9 Å². The quantitative estimate of drug-likeness (QED) is 0.819. The highest BCUT2D eigenvalue weighted by Crippen LogP contribution is 2.11. The molecule has 1 aromatic rings. The van der Waals surface area contributed by atoms with Crippen LogP contribution in [-0.2, 0) is 21.2 Å². The minimum absolute atomic E-state index is 0.0938. The highest BCUT2D eigenvalue weighted by molar-refractivity contribution is 7.89. The first kappa shape index (κ1) is 16.0. The summed E-state index contributed by atoms with van der Waals surface area (Å²) in [7, 11) is -3.24. The number of aryl methyl sites for hydroxylation is 1. The van der Waals surface area contributed by atoms with E-state index in [1.54, 1.807) is 4.90 Å². The Bertz CT molecular complexity index is 564. The molecule has 1 aromatic carbocycles.